The molecule has 1 fully saturated rings. The number of carbonyl (C=O) groups excluding carboxylic acids is 1. The number of rotatable bonds is 2. The first-order chi connectivity index (χ1) is 10.9. The van der Waals surface area contributed by atoms with E-state index in [1.165, 1.54) is 0 Å². The van der Waals surface area contributed by atoms with Crippen LogP contribution in [-0.4, -0.2) is 63.5 Å². The van der Waals surface area contributed by atoms with Crippen molar-refractivity contribution < 1.29 is 9.32 Å². The second-order valence-electron chi connectivity index (χ2n) is 7.01. The minimum absolute atomic E-state index is 0.0645. The average Bonchev–Trinajstić information content (AvgIpc) is 3.13. The van der Waals surface area contributed by atoms with Crippen LogP contribution in [0, 0.1) is 0 Å². The Balaban J connectivity index is 1.57. The van der Waals surface area contributed by atoms with E-state index in [2.05, 4.69) is 28.9 Å². The fourth-order valence-electron chi connectivity index (χ4n) is 2.65. The summed E-state index contributed by atoms with van der Waals surface area (Å²) < 4.78 is 5.40. The first-order valence-electron chi connectivity index (χ1n) is 8.10. The van der Waals surface area contributed by atoms with Crippen molar-refractivity contribution >= 4 is 22.8 Å². The van der Waals surface area contributed by atoms with Crippen molar-refractivity contribution in [2.24, 2.45) is 4.99 Å². The number of hydrogen-bond donors (Lipinski definition) is 0. The minimum Gasteiger partial charge on any atom is -0.351 e. The first kappa shape index (κ1) is 16.4. The lowest BCUT2D eigenvalue weighted by atomic mass is 10.1. The lowest BCUT2D eigenvalue weighted by Gasteiger charge is -2.35. The molecule has 23 heavy (non-hydrogen) atoms. The molecule has 1 aromatic heterocycles. The van der Waals surface area contributed by atoms with E-state index >= 15 is 0 Å². The number of amides is 1. The van der Waals surface area contributed by atoms with E-state index in [1.807, 2.05) is 30.5 Å². The summed E-state index contributed by atoms with van der Waals surface area (Å²) in [6.45, 7) is 12.4. The second-order valence-corrected chi connectivity index (χ2v) is 8.68. The average molecular weight is 336 g/mol. The van der Waals surface area contributed by atoms with Gasteiger partial charge in [-0.15, -0.1) is 0 Å². The highest BCUT2D eigenvalue weighted by atomic mass is 32.2. The topological polar surface area (TPSA) is 61.9 Å². The molecule has 0 radical (unpaired) electrons. The standard InChI is InChI=1S/C16H24N4O2S/c1-11(2)12-9-13(22-18-12)14(21)19-5-7-20(8-6-19)15-17-10-16(3,4)23-15/h9,11H,5-8,10H2,1-4H3. The first-order valence-corrected chi connectivity index (χ1v) is 8.92. The van der Waals surface area contributed by atoms with Crippen molar-refractivity contribution in [3.8, 4) is 0 Å². The van der Waals surface area contributed by atoms with Crippen molar-refractivity contribution in [1.82, 2.24) is 15.0 Å². The Morgan fingerprint density at radius 2 is 2.00 bits per heavy atom. The minimum atomic E-state index is -0.0645. The summed E-state index contributed by atoms with van der Waals surface area (Å²) in [4.78, 5) is 21.3. The van der Waals surface area contributed by atoms with Gasteiger partial charge in [0.05, 0.1) is 12.2 Å². The van der Waals surface area contributed by atoms with Gasteiger partial charge in [0.2, 0.25) is 5.76 Å². The van der Waals surface area contributed by atoms with E-state index in [0.29, 0.717) is 18.8 Å². The van der Waals surface area contributed by atoms with Gasteiger partial charge in [-0.2, -0.15) is 0 Å². The molecule has 0 aliphatic carbocycles. The third-order valence-electron chi connectivity index (χ3n) is 4.13. The van der Waals surface area contributed by atoms with E-state index in [1.54, 1.807) is 6.07 Å². The van der Waals surface area contributed by atoms with Gasteiger partial charge in [-0.1, -0.05) is 30.8 Å². The summed E-state index contributed by atoms with van der Waals surface area (Å²) in [5.74, 6) is 0.541. The summed E-state index contributed by atoms with van der Waals surface area (Å²) in [7, 11) is 0. The highest BCUT2D eigenvalue weighted by Gasteiger charge is 2.33. The van der Waals surface area contributed by atoms with Crippen LogP contribution in [0.1, 0.15) is 49.9 Å². The predicted octanol–water partition coefficient (Wildman–Crippen LogP) is 2.44. The molecule has 0 saturated carbocycles. The van der Waals surface area contributed by atoms with Gasteiger partial charge >= 0.3 is 0 Å². The van der Waals surface area contributed by atoms with Crippen LogP contribution >= 0.6 is 11.8 Å². The molecule has 0 bridgehead atoms. The van der Waals surface area contributed by atoms with Gasteiger partial charge in [0.15, 0.2) is 5.17 Å². The highest BCUT2D eigenvalue weighted by molar-refractivity contribution is 8.15. The number of aliphatic imine (C=N–C) groups is 1. The smallest absolute Gasteiger partial charge is 0.292 e. The zero-order valence-corrected chi connectivity index (χ0v) is 15.0. The summed E-state index contributed by atoms with van der Waals surface area (Å²) in [6, 6.07) is 1.76. The summed E-state index contributed by atoms with van der Waals surface area (Å²) in [5, 5.41) is 5.08. The van der Waals surface area contributed by atoms with E-state index in [9.17, 15) is 4.79 Å². The van der Waals surface area contributed by atoms with Gasteiger partial charge in [0.1, 0.15) is 0 Å². The number of carbonyl (C=O) groups is 1. The van der Waals surface area contributed by atoms with Crippen molar-refractivity contribution in [2.45, 2.75) is 38.4 Å². The molecule has 0 spiro atoms. The number of hydrogen-bond acceptors (Lipinski definition) is 6. The molecule has 1 saturated heterocycles. The maximum atomic E-state index is 12.5. The number of nitrogens with zero attached hydrogens (tertiary/aromatic N) is 4. The van der Waals surface area contributed by atoms with Gasteiger partial charge in [0.25, 0.3) is 5.91 Å². The van der Waals surface area contributed by atoms with Crippen molar-refractivity contribution in [3.63, 3.8) is 0 Å². The Morgan fingerprint density at radius 3 is 2.52 bits per heavy atom. The maximum absolute atomic E-state index is 12.5. The summed E-state index contributed by atoms with van der Waals surface area (Å²) in [6.07, 6.45) is 0. The lowest BCUT2D eigenvalue weighted by molar-refractivity contribution is 0.0652. The van der Waals surface area contributed by atoms with Crippen LogP contribution in [0.4, 0.5) is 0 Å². The van der Waals surface area contributed by atoms with Crippen LogP contribution < -0.4 is 0 Å². The molecule has 6 nitrogen and oxygen atoms in total. The lowest BCUT2D eigenvalue weighted by Crippen LogP contribution is -2.49. The van der Waals surface area contributed by atoms with Crippen LogP contribution in [0.3, 0.4) is 0 Å². The van der Waals surface area contributed by atoms with E-state index in [4.69, 9.17) is 4.52 Å². The number of amidine groups is 1. The molecule has 0 aromatic carbocycles. The Labute approximate surface area is 141 Å². The van der Waals surface area contributed by atoms with Crippen molar-refractivity contribution in [2.75, 3.05) is 32.7 Å². The largest absolute Gasteiger partial charge is 0.351 e. The van der Waals surface area contributed by atoms with Gasteiger partial charge in [-0.25, -0.2) is 0 Å². The van der Waals surface area contributed by atoms with Gasteiger partial charge in [-0.05, 0) is 19.8 Å². The number of thioether (sulfide) groups is 1. The quantitative estimate of drug-likeness (QED) is 0.830. The van der Waals surface area contributed by atoms with Crippen LogP contribution in [0.2, 0.25) is 0 Å². The van der Waals surface area contributed by atoms with Crippen LogP contribution in [0.5, 0.6) is 0 Å². The zero-order valence-electron chi connectivity index (χ0n) is 14.2. The fraction of sp³-hybridized carbons (Fsp3) is 0.688. The van der Waals surface area contributed by atoms with E-state index in [-0.39, 0.29) is 16.6 Å². The fourth-order valence-corrected chi connectivity index (χ4v) is 3.72. The van der Waals surface area contributed by atoms with Gasteiger partial charge in [0, 0.05) is 37.0 Å². The van der Waals surface area contributed by atoms with Gasteiger partial charge < -0.3 is 14.3 Å². The predicted molar refractivity (Wildman–Crippen MR) is 92.0 cm³/mol. The summed E-state index contributed by atoms with van der Waals surface area (Å²) >= 11 is 1.83. The molecule has 126 valence electrons. The third-order valence-corrected chi connectivity index (χ3v) is 5.38. The second kappa shape index (κ2) is 6.19. The molecule has 0 unspecified atom stereocenters. The number of aromatic nitrogens is 1. The SMILES string of the molecule is CC(C)c1cc(C(=O)N2CCN(C3=NCC(C)(C)S3)CC2)on1. The Hall–Kier alpha value is -1.50. The molecule has 7 heteroatoms. The number of piperazine rings is 1. The van der Waals surface area contributed by atoms with Gasteiger partial charge in [-0.3, -0.25) is 9.79 Å². The monoisotopic (exact) mass is 336 g/mol. The molecular formula is C16H24N4O2S. The molecule has 1 amide bonds. The normalized spacial score (nSPS) is 21.0. The third kappa shape index (κ3) is 3.54. The molecule has 0 N–H and O–H groups in total. The Kier molecular flexibility index (Phi) is 4.40. The Bertz CT molecular complexity index is 615. The van der Waals surface area contributed by atoms with Crippen LogP contribution in [0.25, 0.3) is 0 Å². The molecule has 1 aromatic rings. The van der Waals surface area contributed by atoms with Crippen molar-refractivity contribution in [1.29, 1.82) is 0 Å². The molecule has 3 heterocycles. The van der Waals surface area contributed by atoms with E-state index < -0.39 is 0 Å². The molecule has 0 atom stereocenters. The molecule has 3 rings (SSSR count). The van der Waals surface area contributed by atoms with Crippen molar-refractivity contribution in [3.05, 3.63) is 17.5 Å². The molecular weight excluding hydrogens is 312 g/mol. The van der Waals surface area contributed by atoms with Crippen LogP contribution in [-0.2, 0) is 0 Å². The maximum Gasteiger partial charge on any atom is 0.292 e. The zero-order chi connectivity index (χ0) is 16.6. The van der Waals surface area contributed by atoms with Crippen LogP contribution in [0.15, 0.2) is 15.6 Å². The Morgan fingerprint density at radius 1 is 1.30 bits per heavy atom. The highest BCUT2D eigenvalue weighted by Crippen LogP contribution is 2.33. The summed E-state index contributed by atoms with van der Waals surface area (Å²) in [5.41, 5.74) is 0.825. The molecule has 2 aliphatic heterocycles. The van der Waals surface area contributed by atoms with E-state index in [0.717, 1.165) is 30.5 Å². The molecule has 2 aliphatic rings.